The first kappa shape index (κ1) is 9.90. The van der Waals surface area contributed by atoms with Gasteiger partial charge in [0.1, 0.15) is 0 Å². The fourth-order valence-corrected chi connectivity index (χ4v) is 1.68. The van der Waals surface area contributed by atoms with Gasteiger partial charge in [0.25, 0.3) is 0 Å². The minimum Gasteiger partial charge on any atom is -0.340 e. The number of carbonyl (C=O) groups is 1. The van der Waals surface area contributed by atoms with E-state index in [9.17, 15) is 4.79 Å². The molecule has 0 bridgehead atoms. The van der Waals surface area contributed by atoms with Crippen molar-refractivity contribution >= 4 is 17.3 Å². The molecule has 2 aromatic rings. The van der Waals surface area contributed by atoms with Crippen LogP contribution in [0.25, 0.3) is 11.0 Å². The van der Waals surface area contributed by atoms with E-state index in [1.165, 1.54) is 0 Å². The van der Waals surface area contributed by atoms with Gasteiger partial charge in [0.15, 0.2) is 6.29 Å². The van der Waals surface area contributed by atoms with Crippen molar-refractivity contribution < 1.29 is 4.79 Å². The molecule has 3 nitrogen and oxygen atoms in total. The van der Waals surface area contributed by atoms with Crippen molar-refractivity contribution in [1.29, 1.82) is 0 Å². The molecule has 0 aromatic carbocycles. The van der Waals surface area contributed by atoms with Crippen LogP contribution in [0, 0.1) is 0 Å². The highest BCUT2D eigenvalue weighted by Gasteiger charge is 2.08. The maximum Gasteiger partial charge on any atom is 0.166 e. The molecule has 0 aliphatic carbocycles. The smallest absolute Gasteiger partial charge is 0.166 e. The van der Waals surface area contributed by atoms with Crippen molar-refractivity contribution in [2.75, 3.05) is 0 Å². The highest BCUT2D eigenvalue weighted by molar-refractivity contribution is 5.86. The first-order valence-electron chi connectivity index (χ1n) is 5.05. The molecular formula is C12H14N2O. The summed E-state index contributed by atoms with van der Waals surface area (Å²) in [4.78, 5) is 15.3. The molecule has 2 rings (SSSR count). The molecular weight excluding hydrogens is 188 g/mol. The van der Waals surface area contributed by atoms with Crippen molar-refractivity contribution in [3.05, 3.63) is 29.6 Å². The summed E-state index contributed by atoms with van der Waals surface area (Å²) in [7, 11) is 1.88. The normalized spacial score (nSPS) is 11.2. The zero-order valence-electron chi connectivity index (χ0n) is 9.19. The second-order valence-electron chi connectivity index (χ2n) is 4.04. The molecule has 0 saturated carbocycles. The summed E-state index contributed by atoms with van der Waals surface area (Å²) in [6, 6.07) is 5.86. The summed E-state index contributed by atoms with van der Waals surface area (Å²) < 4.78 is 1.86. The van der Waals surface area contributed by atoms with Crippen molar-refractivity contribution in [2.24, 2.45) is 7.05 Å². The molecule has 2 aromatic heterocycles. The lowest BCUT2D eigenvalue weighted by Crippen LogP contribution is -1.95. The molecule has 0 unspecified atom stereocenters. The molecule has 15 heavy (non-hydrogen) atoms. The van der Waals surface area contributed by atoms with Gasteiger partial charge in [0, 0.05) is 12.7 Å². The number of nitrogens with zero attached hydrogens (tertiary/aromatic N) is 2. The molecule has 0 amide bonds. The third kappa shape index (κ3) is 1.54. The van der Waals surface area contributed by atoms with Gasteiger partial charge in [-0.15, -0.1) is 0 Å². The molecule has 0 fully saturated rings. The zero-order chi connectivity index (χ0) is 11.0. The molecule has 0 spiro atoms. The number of rotatable bonds is 2. The van der Waals surface area contributed by atoms with Crippen LogP contribution in [0.15, 0.2) is 18.2 Å². The van der Waals surface area contributed by atoms with E-state index in [2.05, 4.69) is 18.8 Å². The highest BCUT2D eigenvalue weighted by Crippen LogP contribution is 2.19. The molecule has 78 valence electrons. The van der Waals surface area contributed by atoms with Gasteiger partial charge < -0.3 is 4.57 Å². The lowest BCUT2D eigenvalue weighted by molar-refractivity contribution is 0.111. The maximum absolute atomic E-state index is 10.8. The Kier molecular flexibility index (Phi) is 2.31. The van der Waals surface area contributed by atoms with Crippen molar-refractivity contribution in [3.8, 4) is 0 Å². The van der Waals surface area contributed by atoms with Crippen LogP contribution in [0.4, 0.5) is 0 Å². The van der Waals surface area contributed by atoms with Crippen molar-refractivity contribution in [1.82, 2.24) is 9.55 Å². The number of pyridine rings is 1. The van der Waals surface area contributed by atoms with E-state index in [1.54, 1.807) is 0 Å². The third-order valence-electron chi connectivity index (χ3n) is 2.67. The third-order valence-corrected chi connectivity index (χ3v) is 2.67. The van der Waals surface area contributed by atoms with E-state index < -0.39 is 0 Å². The fourth-order valence-electron chi connectivity index (χ4n) is 1.68. The number of aldehydes is 1. The molecule has 0 atom stereocenters. The molecule has 3 heteroatoms. The average Bonchev–Trinajstić information content (AvgIpc) is 2.55. The molecule has 0 aliphatic heterocycles. The summed E-state index contributed by atoms with van der Waals surface area (Å²) in [5, 5.41) is 0. The standard InChI is InChI=1S/C12H14N2O/c1-8(2)10-4-5-12-11(13-10)6-9(7-15)14(12)3/h4-8H,1-3H3. The Morgan fingerprint density at radius 2 is 2.13 bits per heavy atom. The van der Waals surface area contributed by atoms with E-state index >= 15 is 0 Å². The topological polar surface area (TPSA) is 34.9 Å². The molecule has 2 heterocycles. The number of carbonyl (C=O) groups excluding carboxylic acids is 1. The quantitative estimate of drug-likeness (QED) is 0.701. The number of hydrogen-bond acceptors (Lipinski definition) is 2. The van der Waals surface area contributed by atoms with Crippen LogP contribution >= 0.6 is 0 Å². The Morgan fingerprint density at radius 3 is 2.73 bits per heavy atom. The Bertz CT molecular complexity index is 512. The van der Waals surface area contributed by atoms with Crippen LogP contribution in [0.2, 0.25) is 0 Å². The minimum absolute atomic E-state index is 0.411. The summed E-state index contributed by atoms with van der Waals surface area (Å²) in [6.07, 6.45) is 0.858. The van der Waals surface area contributed by atoms with Crippen molar-refractivity contribution in [3.63, 3.8) is 0 Å². The average molecular weight is 202 g/mol. The second kappa shape index (κ2) is 3.50. The van der Waals surface area contributed by atoms with Gasteiger partial charge in [-0.05, 0) is 24.1 Å². The number of fused-ring (bicyclic) bond motifs is 1. The second-order valence-corrected chi connectivity index (χ2v) is 4.04. The van der Waals surface area contributed by atoms with E-state index in [0.29, 0.717) is 11.6 Å². The summed E-state index contributed by atoms with van der Waals surface area (Å²) in [5.74, 6) is 0.411. The summed E-state index contributed by atoms with van der Waals surface area (Å²) >= 11 is 0. The lowest BCUT2D eigenvalue weighted by atomic mass is 10.1. The van der Waals surface area contributed by atoms with Crippen LogP contribution in [0.1, 0.15) is 35.9 Å². The van der Waals surface area contributed by atoms with Crippen LogP contribution < -0.4 is 0 Å². The molecule has 0 saturated heterocycles. The zero-order valence-corrected chi connectivity index (χ0v) is 9.19. The Labute approximate surface area is 88.7 Å². The van der Waals surface area contributed by atoms with Gasteiger partial charge in [-0.25, -0.2) is 0 Å². The fraction of sp³-hybridized carbons (Fsp3) is 0.333. The molecule has 0 N–H and O–H groups in total. The first-order valence-corrected chi connectivity index (χ1v) is 5.05. The number of aromatic nitrogens is 2. The van der Waals surface area contributed by atoms with E-state index in [4.69, 9.17) is 0 Å². The number of hydrogen-bond donors (Lipinski definition) is 0. The Morgan fingerprint density at radius 1 is 1.40 bits per heavy atom. The predicted molar refractivity (Wildman–Crippen MR) is 60.2 cm³/mol. The van der Waals surface area contributed by atoms with Crippen molar-refractivity contribution in [2.45, 2.75) is 19.8 Å². The number of aryl methyl sites for hydroxylation is 1. The lowest BCUT2D eigenvalue weighted by Gasteiger charge is -2.04. The highest BCUT2D eigenvalue weighted by atomic mass is 16.1. The monoisotopic (exact) mass is 202 g/mol. The molecule has 0 radical (unpaired) electrons. The summed E-state index contributed by atoms with van der Waals surface area (Å²) in [5.41, 5.74) is 3.62. The SMILES string of the molecule is CC(C)c1ccc2c(cc(C=O)n2C)n1. The van der Waals surface area contributed by atoms with Gasteiger partial charge in [0.2, 0.25) is 0 Å². The van der Waals surface area contributed by atoms with E-state index in [-0.39, 0.29) is 0 Å². The Hall–Kier alpha value is -1.64. The van der Waals surface area contributed by atoms with Gasteiger partial charge in [-0.3, -0.25) is 9.78 Å². The van der Waals surface area contributed by atoms with Crippen LogP contribution in [0.3, 0.4) is 0 Å². The van der Waals surface area contributed by atoms with Gasteiger partial charge in [0.05, 0.1) is 16.7 Å². The van der Waals surface area contributed by atoms with Crippen LogP contribution in [-0.4, -0.2) is 15.8 Å². The largest absolute Gasteiger partial charge is 0.340 e. The van der Waals surface area contributed by atoms with Gasteiger partial charge in [-0.1, -0.05) is 13.8 Å². The van der Waals surface area contributed by atoms with Crippen LogP contribution in [-0.2, 0) is 7.05 Å². The minimum atomic E-state index is 0.411. The predicted octanol–water partition coefficient (Wildman–Crippen LogP) is 2.51. The van der Waals surface area contributed by atoms with Gasteiger partial charge in [-0.2, -0.15) is 0 Å². The maximum atomic E-state index is 10.8. The Balaban J connectivity index is 2.68. The first-order chi connectivity index (χ1) is 7.13. The van der Waals surface area contributed by atoms with E-state index in [0.717, 1.165) is 23.0 Å². The molecule has 0 aliphatic rings. The summed E-state index contributed by atoms with van der Waals surface area (Å²) in [6.45, 7) is 4.22. The van der Waals surface area contributed by atoms with E-state index in [1.807, 2.05) is 29.8 Å². The van der Waals surface area contributed by atoms with Crippen LogP contribution in [0.5, 0.6) is 0 Å². The van der Waals surface area contributed by atoms with Gasteiger partial charge >= 0.3 is 0 Å².